The van der Waals surface area contributed by atoms with Crippen molar-refractivity contribution in [3.63, 3.8) is 0 Å². The largest absolute Gasteiger partial charge is 0.338 e. The molecule has 3 aromatic rings. The highest BCUT2D eigenvalue weighted by molar-refractivity contribution is 7.99. The number of nitrogens with zero attached hydrogens (tertiary/aromatic N) is 4. The van der Waals surface area contributed by atoms with E-state index in [1.165, 1.54) is 23.9 Å². The summed E-state index contributed by atoms with van der Waals surface area (Å²) in [5.74, 6) is 1.84. The van der Waals surface area contributed by atoms with Gasteiger partial charge in [-0.05, 0) is 30.7 Å². The average Bonchev–Trinajstić information content (AvgIpc) is 3.24. The Labute approximate surface area is 149 Å². The summed E-state index contributed by atoms with van der Waals surface area (Å²) in [6.07, 6.45) is 3.63. The van der Waals surface area contributed by atoms with Crippen LogP contribution in [0.25, 0.3) is 12.2 Å². The van der Waals surface area contributed by atoms with E-state index in [1.54, 1.807) is 18.2 Å². The second kappa shape index (κ2) is 7.60. The Morgan fingerprint density at radius 2 is 1.88 bits per heavy atom. The molecule has 1 atom stereocenters. The predicted molar refractivity (Wildman–Crippen MR) is 94.4 cm³/mol. The van der Waals surface area contributed by atoms with Crippen LogP contribution in [0.4, 0.5) is 4.39 Å². The third-order valence-electron chi connectivity index (χ3n) is 3.39. The van der Waals surface area contributed by atoms with Crippen molar-refractivity contribution in [2.24, 2.45) is 0 Å². The molecule has 0 saturated carbocycles. The van der Waals surface area contributed by atoms with Gasteiger partial charge >= 0.3 is 0 Å². The van der Waals surface area contributed by atoms with Gasteiger partial charge in [0, 0.05) is 5.92 Å². The summed E-state index contributed by atoms with van der Waals surface area (Å²) >= 11 is 1.43. The molecule has 2 heterocycles. The number of halogens is 1. The van der Waals surface area contributed by atoms with Crippen molar-refractivity contribution in [2.75, 3.05) is 0 Å². The molecule has 0 bridgehead atoms. The highest BCUT2D eigenvalue weighted by Crippen LogP contribution is 2.32. The van der Waals surface area contributed by atoms with E-state index in [9.17, 15) is 4.39 Å². The lowest BCUT2D eigenvalue weighted by atomic mass is 10.2. The number of aromatic nitrogens is 5. The van der Waals surface area contributed by atoms with Gasteiger partial charge in [-0.1, -0.05) is 49.0 Å². The minimum Gasteiger partial charge on any atom is -0.338 e. The summed E-state index contributed by atoms with van der Waals surface area (Å²) in [6, 6.07) is 6.22. The molecular weight excluding hydrogens is 341 g/mol. The summed E-state index contributed by atoms with van der Waals surface area (Å²) in [5.41, 5.74) is 0.882. The van der Waals surface area contributed by atoms with Crippen LogP contribution in [-0.4, -0.2) is 25.3 Å². The van der Waals surface area contributed by atoms with Crippen LogP contribution in [0.15, 0.2) is 33.9 Å². The Morgan fingerprint density at radius 3 is 2.56 bits per heavy atom. The summed E-state index contributed by atoms with van der Waals surface area (Å²) in [4.78, 5) is 8.78. The van der Waals surface area contributed by atoms with E-state index in [0.717, 1.165) is 5.56 Å². The topological polar surface area (TPSA) is 80.5 Å². The van der Waals surface area contributed by atoms with Crippen molar-refractivity contribution in [2.45, 2.75) is 37.1 Å². The maximum Gasteiger partial charge on any atom is 0.239 e. The van der Waals surface area contributed by atoms with Gasteiger partial charge in [-0.15, -0.1) is 5.10 Å². The molecule has 2 aromatic heterocycles. The van der Waals surface area contributed by atoms with E-state index in [2.05, 4.69) is 25.3 Å². The number of rotatable bonds is 6. The van der Waals surface area contributed by atoms with Gasteiger partial charge in [-0.3, -0.25) is 5.10 Å². The first-order valence-corrected chi connectivity index (χ1v) is 8.75. The highest BCUT2D eigenvalue weighted by Gasteiger charge is 2.18. The fraction of sp³-hybridized carbons (Fsp3) is 0.294. The third-order valence-corrected chi connectivity index (χ3v) is 4.34. The van der Waals surface area contributed by atoms with Crippen molar-refractivity contribution in [3.8, 4) is 0 Å². The van der Waals surface area contributed by atoms with Crippen molar-refractivity contribution in [3.05, 3.63) is 53.2 Å². The average molecular weight is 359 g/mol. The molecule has 6 nitrogen and oxygen atoms in total. The van der Waals surface area contributed by atoms with E-state index in [0.29, 0.717) is 22.7 Å². The van der Waals surface area contributed by atoms with Crippen LogP contribution in [-0.2, 0) is 0 Å². The van der Waals surface area contributed by atoms with E-state index in [-0.39, 0.29) is 17.0 Å². The second-order valence-corrected chi connectivity index (χ2v) is 7.10. The van der Waals surface area contributed by atoms with Gasteiger partial charge < -0.3 is 4.52 Å². The Kier molecular flexibility index (Phi) is 5.28. The van der Waals surface area contributed by atoms with E-state index >= 15 is 0 Å². The lowest BCUT2D eigenvalue weighted by Crippen LogP contribution is -1.93. The van der Waals surface area contributed by atoms with Crippen LogP contribution < -0.4 is 0 Å². The van der Waals surface area contributed by atoms with E-state index in [1.807, 2.05) is 26.8 Å². The number of benzene rings is 1. The Morgan fingerprint density at radius 1 is 1.12 bits per heavy atom. The molecular formula is C17H18FN5OS. The monoisotopic (exact) mass is 359 g/mol. The van der Waals surface area contributed by atoms with Gasteiger partial charge in [0.2, 0.25) is 11.0 Å². The summed E-state index contributed by atoms with van der Waals surface area (Å²) in [5, 5.41) is 11.5. The second-order valence-electron chi connectivity index (χ2n) is 5.79. The minimum absolute atomic E-state index is 0.0512. The zero-order chi connectivity index (χ0) is 17.8. The smallest absolute Gasteiger partial charge is 0.239 e. The maximum atomic E-state index is 12.9. The predicted octanol–water partition coefficient (Wildman–Crippen LogP) is 4.47. The Bertz CT molecular complexity index is 856. The zero-order valence-corrected chi connectivity index (χ0v) is 14.9. The molecule has 0 aliphatic rings. The molecule has 8 heteroatoms. The van der Waals surface area contributed by atoms with Gasteiger partial charge in [-0.25, -0.2) is 9.37 Å². The van der Waals surface area contributed by atoms with Crippen LogP contribution >= 0.6 is 11.8 Å². The van der Waals surface area contributed by atoms with Gasteiger partial charge in [0.15, 0.2) is 5.82 Å². The number of H-pyrrole nitrogens is 1. The number of thioether (sulfide) groups is 1. The first-order valence-electron chi connectivity index (χ1n) is 7.87. The quantitative estimate of drug-likeness (QED) is 0.654. The normalized spacial score (nSPS) is 13.0. The molecule has 1 N–H and O–H groups in total. The fourth-order valence-electron chi connectivity index (χ4n) is 1.99. The van der Waals surface area contributed by atoms with Gasteiger partial charge in [-0.2, -0.15) is 4.98 Å². The first kappa shape index (κ1) is 17.3. The lowest BCUT2D eigenvalue weighted by Gasteiger charge is -2.01. The number of aromatic amines is 1. The van der Waals surface area contributed by atoms with Gasteiger partial charge in [0.1, 0.15) is 11.6 Å². The summed E-state index contributed by atoms with van der Waals surface area (Å²) < 4.78 is 18.2. The molecule has 1 aromatic carbocycles. The third kappa shape index (κ3) is 4.54. The summed E-state index contributed by atoms with van der Waals surface area (Å²) in [6.45, 7) is 6.00. The molecule has 0 fully saturated rings. The maximum absolute atomic E-state index is 12.9. The van der Waals surface area contributed by atoms with E-state index in [4.69, 9.17) is 4.52 Å². The molecule has 0 saturated heterocycles. The Hall–Kier alpha value is -2.48. The molecule has 1 unspecified atom stereocenters. The Balaban J connectivity index is 1.63. The molecule has 0 aliphatic heterocycles. The SMILES string of the molecule is CC(C)c1noc(C(C)Sc2n[nH]c(/C=C/c3ccc(F)cc3)n2)n1. The van der Waals surface area contributed by atoms with E-state index < -0.39 is 0 Å². The van der Waals surface area contributed by atoms with Crippen LogP contribution in [0.1, 0.15) is 55.0 Å². The van der Waals surface area contributed by atoms with Crippen molar-refractivity contribution in [1.29, 1.82) is 0 Å². The summed E-state index contributed by atoms with van der Waals surface area (Å²) in [7, 11) is 0. The standard InChI is InChI=1S/C17H18FN5OS/c1-10(2)15-20-16(24-23-15)11(3)25-17-19-14(21-22-17)9-6-12-4-7-13(18)8-5-12/h4-11H,1-3H3,(H,19,21,22)/b9-6+. The first-order chi connectivity index (χ1) is 12.0. The van der Waals surface area contributed by atoms with Crippen LogP contribution in [0, 0.1) is 5.82 Å². The van der Waals surface area contributed by atoms with Crippen molar-refractivity contribution in [1.82, 2.24) is 25.3 Å². The molecule has 0 amide bonds. The number of nitrogens with one attached hydrogen (secondary N) is 1. The molecule has 0 spiro atoms. The van der Waals surface area contributed by atoms with Crippen molar-refractivity contribution >= 4 is 23.9 Å². The zero-order valence-electron chi connectivity index (χ0n) is 14.1. The molecule has 130 valence electrons. The highest BCUT2D eigenvalue weighted by atomic mass is 32.2. The number of hydrogen-bond donors (Lipinski definition) is 1. The molecule has 3 rings (SSSR count). The van der Waals surface area contributed by atoms with Crippen molar-refractivity contribution < 1.29 is 8.91 Å². The van der Waals surface area contributed by atoms with Crippen LogP contribution in [0.5, 0.6) is 0 Å². The molecule has 0 radical (unpaired) electrons. The van der Waals surface area contributed by atoms with Crippen LogP contribution in [0.2, 0.25) is 0 Å². The van der Waals surface area contributed by atoms with Gasteiger partial charge in [0.25, 0.3) is 0 Å². The van der Waals surface area contributed by atoms with Gasteiger partial charge in [0.05, 0.1) is 5.25 Å². The van der Waals surface area contributed by atoms with Crippen LogP contribution in [0.3, 0.4) is 0 Å². The lowest BCUT2D eigenvalue weighted by molar-refractivity contribution is 0.373. The fourth-order valence-corrected chi connectivity index (χ4v) is 2.75. The minimum atomic E-state index is -0.258. The molecule has 0 aliphatic carbocycles. The number of hydrogen-bond acceptors (Lipinski definition) is 6. The molecule has 25 heavy (non-hydrogen) atoms.